The summed E-state index contributed by atoms with van der Waals surface area (Å²) in [6, 6.07) is 6.28. The van der Waals surface area contributed by atoms with Crippen molar-refractivity contribution in [2.24, 2.45) is 0 Å². The van der Waals surface area contributed by atoms with Gasteiger partial charge >= 0.3 is 0 Å². The van der Waals surface area contributed by atoms with E-state index in [1.165, 1.54) is 12.1 Å². The van der Waals surface area contributed by atoms with Gasteiger partial charge in [-0.1, -0.05) is 6.92 Å². The molecule has 1 aliphatic heterocycles. The molecule has 0 bridgehead atoms. The average Bonchev–Trinajstić information content (AvgIpc) is 2.40. The Morgan fingerprint density at radius 2 is 1.94 bits per heavy atom. The zero-order chi connectivity index (χ0) is 13.0. The van der Waals surface area contributed by atoms with Crippen molar-refractivity contribution >= 4 is 5.91 Å². The van der Waals surface area contributed by atoms with Crippen LogP contribution in [0.15, 0.2) is 24.3 Å². The third-order valence-electron chi connectivity index (χ3n) is 3.37. The van der Waals surface area contributed by atoms with Crippen LogP contribution in [0.2, 0.25) is 0 Å². The van der Waals surface area contributed by atoms with Crippen molar-refractivity contribution in [2.75, 3.05) is 19.6 Å². The highest BCUT2D eigenvalue weighted by Gasteiger charge is 2.22. The second kappa shape index (κ2) is 5.96. The first-order chi connectivity index (χ1) is 8.70. The van der Waals surface area contributed by atoms with Gasteiger partial charge in [-0.2, -0.15) is 0 Å². The van der Waals surface area contributed by atoms with Crippen LogP contribution in [-0.2, 0) is 0 Å². The summed E-state index contributed by atoms with van der Waals surface area (Å²) in [5.74, 6) is -0.303. The van der Waals surface area contributed by atoms with Gasteiger partial charge in [0, 0.05) is 24.7 Å². The molecule has 0 radical (unpaired) electrons. The molecule has 4 heteroatoms. The van der Waals surface area contributed by atoms with E-state index in [1.807, 2.05) is 4.90 Å². The maximum Gasteiger partial charge on any atom is 0.253 e. The topological polar surface area (TPSA) is 32.3 Å². The molecule has 1 N–H and O–H groups in total. The average molecular weight is 250 g/mol. The molecule has 1 fully saturated rings. The standard InChI is InChI=1S/C14H19FN2O/c1-2-16-13-7-9-17(10-8-13)14(18)11-3-5-12(15)6-4-11/h3-6,13,16H,2,7-10H2,1H3. The summed E-state index contributed by atoms with van der Waals surface area (Å²) in [6.07, 6.45) is 1.97. The van der Waals surface area contributed by atoms with E-state index in [2.05, 4.69) is 12.2 Å². The van der Waals surface area contributed by atoms with Crippen molar-refractivity contribution in [3.05, 3.63) is 35.6 Å². The molecular formula is C14H19FN2O. The lowest BCUT2D eigenvalue weighted by atomic mass is 10.0. The molecular weight excluding hydrogens is 231 g/mol. The number of hydrogen-bond donors (Lipinski definition) is 1. The van der Waals surface area contributed by atoms with Crippen LogP contribution in [0.5, 0.6) is 0 Å². The number of hydrogen-bond acceptors (Lipinski definition) is 2. The van der Waals surface area contributed by atoms with Crippen LogP contribution in [0.3, 0.4) is 0 Å². The second-order valence-electron chi connectivity index (χ2n) is 4.63. The third kappa shape index (κ3) is 3.07. The van der Waals surface area contributed by atoms with Gasteiger partial charge in [-0.25, -0.2) is 4.39 Å². The Labute approximate surface area is 107 Å². The molecule has 1 saturated heterocycles. The van der Waals surface area contributed by atoms with Crippen LogP contribution in [-0.4, -0.2) is 36.5 Å². The predicted molar refractivity (Wildman–Crippen MR) is 69.0 cm³/mol. The van der Waals surface area contributed by atoms with Crippen molar-refractivity contribution < 1.29 is 9.18 Å². The van der Waals surface area contributed by atoms with Gasteiger partial charge in [0.1, 0.15) is 5.82 Å². The summed E-state index contributed by atoms with van der Waals surface area (Å²) in [6.45, 7) is 4.61. The highest BCUT2D eigenvalue weighted by Crippen LogP contribution is 2.14. The van der Waals surface area contributed by atoms with Gasteiger partial charge in [-0.05, 0) is 43.7 Å². The van der Waals surface area contributed by atoms with Crippen molar-refractivity contribution in [3.63, 3.8) is 0 Å². The maximum atomic E-state index is 12.8. The monoisotopic (exact) mass is 250 g/mol. The number of likely N-dealkylation sites (tertiary alicyclic amines) is 1. The molecule has 3 nitrogen and oxygen atoms in total. The van der Waals surface area contributed by atoms with Crippen molar-refractivity contribution in [1.29, 1.82) is 0 Å². The van der Waals surface area contributed by atoms with E-state index < -0.39 is 0 Å². The van der Waals surface area contributed by atoms with Gasteiger partial charge in [0.2, 0.25) is 0 Å². The van der Waals surface area contributed by atoms with Crippen molar-refractivity contribution in [1.82, 2.24) is 10.2 Å². The van der Waals surface area contributed by atoms with Gasteiger partial charge in [-0.3, -0.25) is 4.79 Å². The van der Waals surface area contributed by atoms with Crippen LogP contribution in [0, 0.1) is 5.82 Å². The fraction of sp³-hybridized carbons (Fsp3) is 0.500. The van der Waals surface area contributed by atoms with Gasteiger partial charge in [-0.15, -0.1) is 0 Å². The molecule has 1 amide bonds. The number of halogens is 1. The van der Waals surface area contributed by atoms with E-state index in [-0.39, 0.29) is 11.7 Å². The minimum Gasteiger partial charge on any atom is -0.339 e. The maximum absolute atomic E-state index is 12.8. The second-order valence-corrected chi connectivity index (χ2v) is 4.63. The molecule has 1 aliphatic rings. The van der Waals surface area contributed by atoms with E-state index in [0.717, 1.165) is 32.5 Å². The van der Waals surface area contributed by atoms with Crippen LogP contribution in [0.4, 0.5) is 4.39 Å². The van der Waals surface area contributed by atoms with Crippen LogP contribution < -0.4 is 5.32 Å². The lowest BCUT2D eigenvalue weighted by molar-refractivity contribution is 0.0706. The summed E-state index contributed by atoms with van der Waals surface area (Å²) in [4.78, 5) is 14.0. The van der Waals surface area contributed by atoms with Gasteiger partial charge in [0.05, 0.1) is 0 Å². The van der Waals surface area contributed by atoms with E-state index in [4.69, 9.17) is 0 Å². The summed E-state index contributed by atoms with van der Waals surface area (Å²) >= 11 is 0. The lowest BCUT2D eigenvalue weighted by Gasteiger charge is -2.32. The normalized spacial score (nSPS) is 16.9. The van der Waals surface area contributed by atoms with Crippen LogP contribution in [0.25, 0.3) is 0 Å². The molecule has 0 unspecified atom stereocenters. The Morgan fingerprint density at radius 1 is 1.33 bits per heavy atom. The third-order valence-corrected chi connectivity index (χ3v) is 3.37. The number of carbonyl (C=O) groups excluding carboxylic acids is 1. The van der Waals surface area contributed by atoms with Gasteiger partial charge in [0.15, 0.2) is 0 Å². The highest BCUT2D eigenvalue weighted by atomic mass is 19.1. The minimum absolute atomic E-state index is 0.00458. The largest absolute Gasteiger partial charge is 0.339 e. The number of nitrogens with one attached hydrogen (secondary N) is 1. The quantitative estimate of drug-likeness (QED) is 0.890. The van der Waals surface area contributed by atoms with E-state index in [1.54, 1.807) is 12.1 Å². The van der Waals surface area contributed by atoms with Crippen LogP contribution in [0.1, 0.15) is 30.1 Å². The number of benzene rings is 1. The summed E-state index contributed by atoms with van der Waals surface area (Å²) in [5.41, 5.74) is 0.568. The number of amides is 1. The molecule has 0 spiro atoms. The van der Waals surface area contributed by atoms with Crippen molar-refractivity contribution in [2.45, 2.75) is 25.8 Å². The van der Waals surface area contributed by atoms with E-state index >= 15 is 0 Å². The molecule has 1 heterocycles. The predicted octanol–water partition coefficient (Wildman–Crippen LogP) is 2.04. The zero-order valence-electron chi connectivity index (χ0n) is 10.7. The summed E-state index contributed by atoms with van der Waals surface area (Å²) in [5, 5.41) is 3.40. The molecule has 1 aromatic rings. The fourth-order valence-corrected chi connectivity index (χ4v) is 2.35. The highest BCUT2D eigenvalue weighted by molar-refractivity contribution is 5.94. The Morgan fingerprint density at radius 3 is 2.50 bits per heavy atom. The zero-order valence-corrected chi connectivity index (χ0v) is 10.7. The molecule has 18 heavy (non-hydrogen) atoms. The molecule has 0 atom stereocenters. The summed E-state index contributed by atoms with van der Waals surface area (Å²) in [7, 11) is 0. The number of carbonyl (C=O) groups is 1. The Kier molecular flexibility index (Phi) is 4.31. The molecule has 0 aliphatic carbocycles. The lowest BCUT2D eigenvalue weighted by Crippen LogP contribution is -2.44. The Bertz CT molecular complexity index is 397. The first kappa shape index (κ1) is 13.0. The number of nitrogens with zero attached hydrogens (tertiary/aromatic N) is 1. The smallest absolute Gasteiger partial charge is 0.253 e. The van der Waals surface area contributed by atoms with E-state index in [0.29, 0.717) is 11.6 Å². The van der Waals surface area contributed by atoms with Gasteiger partial charge < -0.3 is 10.2 Å². The molecule has 0 aromatic heterocycles. The molecule has 98 valence electrons. The van der Waals surface area contributed by atoms with Crippen LogP contribution >= 0.6 is 0 Å². The Balaban J connectivity index is 1.93. The minimum atomic E-state index is -0.308. The Hall–Kier alpha value is -1.42. The number of piperidine rings is 1. The SMILES string of the molecule is CCNC1CCN(C(=O)c2ccc(F)cc2)CC1. The first-order valence-corrected chi connectivity index (χ1v) is 6.49. The van der Waals surface area contributed by atoms with E-state index in [9.17, 15) is 9.18 Å². The van der Waals surface area contributed by atoms with Gasteiger partial charge in [0.25, 0.3) is 5.91 Å². The molecule has 2 rings (SSSR count). The summed E-state index contributed by atoms with van der Waals surface area (Å²) < 4.78 is 12.8. The van der Waals surface area contributed by atoms with Crippen molar-refractivity contribution in [3.8, 4) is 0 Å². The number of rotatable bonds is 3. The first-order valence-electron chi connectivity index (χ1n) is 6.49. The molecule has 1 aromatic carbocycles. The molecule has 0 saturated carbocycles. The fourth-order valence-electron chi connectivity index (χ4n) is 2.35.